The van der Waals surface area contributed by atoms with Gasteiger partial charge in [0.25, 0.3) is 0 Å². The van der Waals surface area contributed by atoms with Crippen LogP contribution in [0, 0.1) is 13.8 Å². The summed E-state index contributed by atoms with van der Waals surface area (Å²) >= 11 is 0. The first-order valence-electron chi connectivity index (χ1n) is 12.5. The molecular formula is C28H32N8O4. The summed E-state index contributed by atoms with van der Waals surface area (Å²) in [4.78, 5) is 42.9. The highest BCUT2D eigenvalue weighted by Gasteiger charge is 2.22. The lowest BCUT2D eigenvalue weighted by Crippen LogP contribution is -2.24. The molecule has 0 saturated carbocycles. The van der Waals surface area contributed by atoms with Gasteiger partial charge in [-0.1, -0.05) is 20.8 Å². The lowest BCUT2D eigenvalue weighted by Gasteiger charge is -2.16. The number of nitrogens with zero attached hydrogens (tertiary/aromatic N) is 3. The lowest BCUT2D eigenvalue weighted by atomic mass is 9.92. The zero-order valence-corrected chi connectivity index (χ0v) is 23.2. The van der Waals surface area contributed by atoms with Crippen molar-refractivity contribution in [2.24, 2.45) is 0 Å². The number of ether oxygens (including phenoxy) is 1. The number of rotatable bonds is 6. The maximum Gasteiger partial charge on any atom is 0.324 e. The molecule has 0 fully saturated rings. The quantitative estimate of drug-likeness (QED) is 0.229. The molecule has 4 rings (SSSR count). The second-order valence-electron chi connectivity index (χ2n) is 10.1. The van der Waals surface area contributed by atoms with E-state index < -0.39 is 6.03 Å². The molecule has 208 valence electrons. The molecule has 12 heteroatoms. The zero-order chi connectivity index (χ0) is 29.0. The van der Waals surface area contributed by atoms with Crippen molar-refractivity contribution in [1.82, 2.24) is 25.1 Å². The van der Waals surface area contributed by atoms with Gasteiger partial charge in [-0.2, -0.15) is 5.10 Å². The number of aromatic amines is 1. The van der Waals surface area contributed by atoms with Gasteiger partial charge in [0.15, 0.2) is 0 Å². The molecule has 0 bridgehead atoms. The van der Waals surface area contributed by atoms with Crippen LogP contribution < -0.4 is 31.6 Å². The first kappa shape index (κ1) is 27.9. The topological polar surface area (TPSA) is 155 Å². The standard InChI is InChI=1S/C28H32N8O4/c1-16-17(2)21(40-19-11-12-30-23(13-19)33-26(38)29-6)9-8-20(16)32-27(39)34-24-14-22(28(3,4)5)35-36(24)18-7-10-25(37)31-15-18/h7-15H,1-6H3,(H,31,37)(H2,32,34,39)(H2,29,30,33,38). The number of benzene rings is 1. The summed E-state index contributed by atoms with van der Waals surface area (Å²) in [5.74, 6) is 1.87. The third-order valence-corrected chi connectivity index (χ3v) is 6.15. The first-order valence-corrected chi connectivity index (χ1v) is 12.5. The minimum Gasteiger partial charge on any atom is -0.457 e. The van der Waals surface area contributed by atoms with Crippen LogP contribution in [0.25, 0.3) is 5.69 Å². The lowest BCUT2D eigenvalue weighted by molar-refractivity contribution is 0.254. The molecule has 3 heterocycles. The predicted molar refractivity (Wildman–Crippen MR) is 154 cm³/mol. The van der Waals surface area contributed by atoms with E-state index in [-0.39, 0.29) is 17.0 Å². The van der Waals surface area contributed by atoms with E-state index in [1.54, 1.807) is 35.0 Å². The minimum absolute atomic E-state index is 0.234. The highest BCUT2D eigenvalue weighted by Crippen LogP contribution is 2.32. The van der Waals surface area contributed by atoms with E-state index in [1.165, 1.54) is 25.5 Å². The van der Waals surface area contributed by atoms with E-state index in [0.717, 1.165) is 16.8 Å². The number of amides is 4. The van der Waals surface area contributed by atoms with E-state index in [1.807, 2.05) is 40.7 Å². The number of anilines is 3. The van der Waals surface area contributed by atoms with Gasteiger partial charge in [-0.25, -0.2) is 19.3 Å². The SMILES string of the molecule is CNC(=O)Nc1cc(Oc2ccc(NC(=O)Nc3cc(C(C)(C)C)nn3-c3ccc(=O)[nH]c3)c(C)c2C)ccn1. The van der Waals surface area contributed by atoms with Crippen LogP contribution in [0.5, 0.6) is 11.5 Å². The highest BCUT2D eigenvalue weighted by atomic mass is 16.5. The summed E-state index contributed by atoms with van der Waals surface area (Å²) < 4.78 is 7.61. The fourth-order valence-corrected chi connectivity index (χ4v) is 3.73. The van der Waals surface area contributed by atoms with Crippen LogP contribution in [-0.4, -0.2) is 38.9 Å². The number of H-pyrrole nitrogens is 1. The maximum atomic E-state index is 13.1. The van der Waals surface area contributed by atoms with Crippen LogP contribution >= 0.6 is 0 Å². The van der Waals surface area contributed by atoms with Gasteiger partial charge in [-0.05, 0) is 49.2 Å². The van der Waals surface area contributed by atoms with Gasteiger partial charge in [0.2, 0.25) is 5.56 Å². The fraction of sp³-hybridized carbons (Fsp3) is 0.250. The van der Waals surface area contributed by atoms with Gasteiger partial charge < -0.3 is 20.4 Å². The zero-order valence-electron chi connectivity index (χ0n) is 23.2. The molecule has 5 N–H and O–H groups in total. The number of aromatic nitrogens is 4. The third-order valence-electron chi connectivity index (χ3n) is 6.15. The molecule has 0 aliphatic rings. The van der Waals surface area contributed by atoms with Crippen LogP contribution in [0.1, 0.15) is 37.6 Å². The molecule has 0 atom stereocenters. The molecule has 4 amide bonds. The second kappa shape index (κ2) is 11.3. The summed E-state index contributed by atoms with van der Waals surface area (Å²) in [5.41, 5.74) is 3.11. The molecule has 0 spiro atoms. The molecule has 12 nitrogen and oxygen atoms in total. The Morgan fingerprint density at radius 2 is 1.73 bits per heavy atom. The fourth-order valence-electron chi connectivity index (χ4n) is 3.73. The summed E-state index contributed by atoms with van der Waals surface area (Å²) in [5, 5.41) is 15.5. The van der Waals surface area contributed by atoms with Crippen LogP contribution in [0.4, 0.5) is 26.9 Å². The Labute approximate surface area is 231 Å². The molecule has 0 saturated heterocycles. The van der Waals surface area contributed by atoms with Crippen molar-refractivity contribution in [2.75, 3.05) is 23.0 Å². The average molecular weight is 545 g/mol. The average Bonchev–Trinajstić information content (AvgIpc) is 3.33. The smallest absolute Gasteiger partial charge is 0.324 e. The number of carbonyl (C=O) groups excluding carboxylic acids is 2. The monoisotopic (exact) mass is 544 g/mol. The third kappa shape index (κ3) is 6.46. The van der Waals surface area contributed by atoms with Crippen LogP contribution in [0.2, 0.25) is 0 Å². The van der Waals surface area contributed by atoms with Crippen LogP contribution in [0.3, 0.4) is 0 Å². The number of pyridine rings is 2. The molecular weight excluding hydrogens is 512 g/mol. The van der Waals surface area contributed by atoms with Gasteiger partial charge >= 0.3 is 12.1 Å². The normalized spacial score (nSPS) is 11.1. The number of hydrogen-bond acceptors (Lipinski definition) is 6. The molecule has 0 aliphatic heterocycles. The van der Waals surface area contributed by atoms with Gasteiger partial charge in [0.05, 0.1) is 11.4 Å². The van der Waals surface area contributed by atoms with E-state index in [9.17, 15) is 14.4 Å². The van der Waals surface area contributed by atoms with Crippen LogP contribution in [0.15, 0.2) is 59.7 Å². The van der Waals surface area contributed by atoms with Crippen molar-refractivity contribution in [2.45, 2.75) is 40.0 Å². The Morgan fingerprint density at radius 1 is 0.950 bits per heavy atom. The predicted octanol–water partition coefficient (Wildman–Crippen LogP) is 5.06. The van der Waals surface area contributed by atoms with E-state index in [4.69, 9.17) is 4.74 Å². The molecule has 4 aromatic rings. The van der Waals surface area contributed by atoms with Crippen molar-refractivity contribution in [1.29, 1.82) is 0 Å². The van der Waals surface area contributed by atoms with Crippen LogP contribution in [-0.2, 0) is 5.41 Å². The summed E-state index contributed by atoms with van der Waals surface area (Å²) in [6.07, 6.45) is 3.07. The Balaban J connectivity index is 1.52. The van der Waals surface area contributed by atoms with Crippen molar-refractivity contribution < 1.29 is 14.3 Å². The molecule has 1 aromatic carbocycles. The summed E-state index contributed by atoms with van der Waals surface area (Å²) in [6.45, 7) is 9.84. The largest absolute Gasteiger partial charge is 0.457 e. The maximum absolute atomic E-state index is 13.1. The van der Waals surface area contributed by atoms with Gasteiger partial charge in [0.1, 0.15) is 23.1 Å². The minimum atomic E-state index is -0.457. The summed E-state index contributed by atoms with van der Waals surface area (Å²) in [6, 6.07) is 10.8. The molecule has 0 radical (unpaired) electrons. The Kier molecular flexibility index (Phi) is 7.89. The van der Waals surface area contributed by atoms with E-state index in [2.05, 4.69) is 36.3 Å². The number of carbonyl (C=O) groups is 2. The Hall–Kier alpha value is -5.13. The van der Waals surface area contributed by atoms with Crippen molar-refractivity contribution >= 4 is 29.4 Å². The molecule has 0 unspecified atom stereocenters. The molecule has 0 aliphatic carbocycles. The summed E-state index contributed by atoms with van der Waals surface area (Å²) in [7, 11) is 1.52. The van der Waals surface area contributed by atoms with E-state index >= 15 is 0 Å². The number of hydrogen-bond donors (Lipinski definition) is 5. The molecule has 40 heavy (non-hydrogen) atoms. The highest BCUT2D eigenvalue weighted by molar-refractivity contribution is 6.00. The first-order chi connectivity index (χ1) is 18.9. The van der Waals surface area contributed by atoms with Gasteiger partial charge in [-0.3, -0.25) is 15.4 Å². The van der Waals surface area contributed by atoms with Gasteiger partial charge in [-0.15, -0.1) is 0 Å². The van der Waals surface area contributed by atoms with Crippen molar-refractivity contribution in [3.8, 4) is 17.2 Å². The van der Waals surface area contributed by atoms with Gasteiger partial charge in [0, 0.05) is 48.7 Å². The number of nitrogens with one attached hydrogen (secondary N) is 5. The van der Waals surface area contributed by atoms with E-state index in [0.29, 0.717) is 34.5 Å². The Morgan fingerprint density at radius 3 is 2.40 bits per heavy atom. The Bertz CT molecular complexity index is 1600. The van der Waals surface area contributed by atoms with Crippen molar-refractivity contribution in [3.63, 3.8) is 0 Å². The second-order valence-corrected chi connectivity index (χ2v) is 10.1. The number of urea groups is 2. The molecule has 3 aromatic heterocycles. The van der Waals surface area contributed by atoms with Crippen molar-refractivity contribution in [3.05, 3.63) is 82.0 Å².